The van der Waals surface area contributed by atoms with Gasteiger partial charge in [-0.15, -0.1) is 37.3 Å². The summed E-state index contributed by atoms with van der Waals surface area (Å²) in [7, 11) is -23.1. The second kappa shape index (κ2) is 21.9. The Kier molecular flexibility index (Phi) is 16.1. The molecule has 0 amide bonds. The lowest BCUT2D eigenvalue weighted by molar-refractivity contribution is 0.317. The van der Waals surface area contributed by atoms with E-state index in [-0.39, 0.29) is 119 Å². The Morgan fingerprint density at radius 2 is 1.30 bits per heavy atom. The van der Waals surface area contributed by atoms with Crippen molar-refractivity contribution >= 4 is 145 Å². The molecule has 0 fully saturated rings. The molecule has 0 saturated carbocycles. The molecule has 0 aliphatic rings. The van der Waals surface area contributed by atoms with Crippen LogP contribution in [0.15, 0.2) is 111 Å². The monoisotopic (exact) mass is 1220 g/mol. The van der Waals surface area contributed by atoms with Crippen molar-refractivity contribution in [2.75, 3.05) is 23.9 Å². The SMILES string of the molecule is Cc1cc(N=Nc2cc(OCCCS(=O)(=O)O)c(N=Nc3c(C)c(C#N)c4nc5c(S(=O)(=O)O)c(C)ccc5n4c3O)cc2C)c(SCCCS(=O)(=O)O)cc1N=Nc1nc2c(S(=O)(=O)O)cc3ccc(S(=O)(=O)O)cc3c2s1. The number of thioether (sulfide) groups is 1. The number of nitriles is 1. The van der Waals surface area contributed by atoms with Crippen molar-refractivity contribution in [3.63, 3.8) is 0 Å². The van der Waals surface area contributed by atoms with Crippen LogP contribution in [0.4, 0.5) is 33.6 Å². The van der Waals surface area contributed by atoms with Crippen LogP contribution in [0.3, 0.4) is 0 Å². The predicted molar refractivity (Wildman–Crippen MR) is 288 cm³/mol. The highest BCUT2D eigenvalue weighted by atomic mass is 32.2. The number of hydrogen-bond acceptors (Lipinski definition) is 23. The Hall–Kier alpha value is -7.01. The van der Waals surface area contributed by atoms with Crippen LogP contribution in [0.25, 0.3) is 37.7 Å². The zero-order valence-corrected chi connectivity index (χ0v) is 46.7. The molecular weight excluding hydrogens is 1180 g/mol. The standard InChI is InChI=1S/C45H40N10O17S7/c1-22-7-10-34-39(42(22)79(69,70)71)47-43-29(21-46)25(4)38(44(56)55(34)43)53-51-32-15-23(2)30(19-35(32)72-11-5-13-75(57,58)59)49-52-33-16-24(3)31(20-36(33)73-12-6-14-76(60,61)62)50-54-45-48-40-37(78(66,67)68)17-26-8-9-27(77(63,64)65)18-28(26)41(40)74-45/h7-10,15-20,56H,5-6,11-14H2,1-4H3,(H,57,58,59)(H,60,61,62)(H,63,64,65)(H,66,67,68)(H,69,70,71). The summed E-state index contributed by atoms with van der Waals surface area (Å²) in [6.07, 6.45) is -0.203. The van der Waals surface area contributed by atoms with E-state index in [4.69, 9.17) is 4.74 Å². The number of fused-ring (bicyclic) bond motifs is 6. The number of aromatic nitrogens is 3. The van der Waals surface area contributed by atoms with Crippen LogP contribution in [0, 0.1) is 39.0 Å². The highest BCUT2D eigenvalue weighted by Crippen LogP contribution is 2.44. The highest BCUT2D eigenvalue weighted by molar-refractivity contribution is 7.99. The van der Waals surface area contributed by atoms with Gasteiger partial charge in [0, 0.05) is 21.9 Å². The molecule has 8 aromatic rings. The van der Waals surface area contributed by atoms with Gasteiger partial charge in [-0.25, -0.2) is 9.97 Å². The van der Waals surface area contributed by atoms with Gasteiger partial charge in [-0.1, -0.05) is 23.5 Å². The Morgan fingerprint density at radius 3 is 1.95 bits per heavy atom. The highest BCUT2D eigenvalue weighted by Gasteiger charge is 2.27. The molecule has 0 aliphatic heterocycles. The van der Waals surface area contributed by atoms with E-state index in [9.17, 15) is 75.2 Å². The maximum Gasteiger partial charge on any atom is 0.297 e. The van der Waals surface area contributed by atoms with Gasteiger partial charge in [0.1, 0.15) is 43.9 Å². The van der Waals surface area contributed by atoms with E-state index in [2.05, 4.69) is 40.7 Å². The zero-order chi connectivity index (χ0) is 57.7. The Labute approximate surface area is 457 Å². The largest absolute Gasteiger partial charge is 0.493 e. The summed E-state index contributed by atoms with van der Waals surface area (Å²) in [5.74, 6) is -1.79. The number of thiazole rings is 1. The van der Waals surface area contributed by atoms with Gasteiger partial charge in [0.05, 0.1) is 50.3 Å². The van der Waals surface area contributed by atoms with E-state index in [1.54, 1.807) is 19.9 Å². The molecule has 0 saturated heterocycles. The van der Waals surface area contributed by atoms with Crippen molar-refractivity contribution < 1.29 is 74.7 Å². The number of azo groups is 3. The molecule has 0 aliphatic carbocycles. The predicted octanol–water partition coefficient (Wildman–Crippen LogP) is 10.1. The summed E-state index contributed by atoms with van der Waals surface area (Å²) in [5, 5.41) is 48.1. The van der Waals surface area contributed by atoms with Crippen molar-refractivity contribution in [1.82, 2.24) is 14.4 Å². The van der Waals surface area contributed by atoms with Gasteiger partial charge in [0.25, 0.3) is 50.6 Å². The number of hydrogen-bond donors (Lipinski definition) is 6. The number of ether oxygens (including phenoxy) is 1. The van der Waals surface area contributed by atoms with Crippen LogP contribution >= 0.6 is 23.1 Å². The molecule has 0 spiro atoms. The molecule has 414 valence electrons. The van der Waals surface area contributed by atoms with Crippen molar-refractivity contribution in [2.45, 2.75) is 60.1 Å². The summed E-state index contributed by atoms with van der Waals surface area (Å²) in [6, 6.07) is 15.2. The smallest absolute Gasteiger partial charge is 0.297 e. The summed E-state index contributed by atoms with van der Waals surface area (Å²) >= 11 is 1.90. The molecule has 6 N–H and O–H groups in total. The van der Waals surface area contributed by atoms with Crippen molar-refractivity contribution in [3.05, 3.63) is 88.5 Å². The number of imidazole rings is 1. The normalized spacial score (nSPS) is 13.1. The third-order valence-corrected chi connectivity index (χ3v) is 18.1. The second-order valence-corrected chi connectivity index (χ2v) is 26.7. The van der Waals surface area contributed by atoms with E-state index >= 15 is 0 Å². The van der Waals surface area contributed by atoms with Crippen molar-refractivity contribution in [1.29, 1.82) is 5.26 Å². The van der Waals surface area contributed by atoms with Crippen molar-refractivity contribution in [3.8, 4) is 17.7 Å². The topological polar surface area (TPSA) is 429 Å². The van der Waals surface area contributed by atoms with Crippen LogP contribution in [-0.4, -0.2) is 108 Å². The molecule has 3 aromatic heterocycles. The molecule has 5 aromatic carbocycles. The van der Waals surface area contributed by atoms with Crippen LogP contribution < -0.4 is 4.74 Å². The molecule has 0 atom stereocenters. The number of rotatable bonds is 19. The van der Waals surface area contributed by atoms with Gasteiger partial charge in [0.15, 0.2) is 11.3 Å². The van der Waals surface area contributed by atoms with Gasteiger partial charge in [-0.05, 0) is 111 Å². The molecule has 0 radical (unpaired) electrons. The minimum absolute atomic E-state index is 0.00136. The quantitative estimate of drug-likeness (QED) is 0.0190. The molecule has 0 unspecified atom stereocenters. The average Bonchev–Trinajstić information content (AvgIpc) is 4.09. The minimum atomic E-state index is -4.88. The lowest BCUT2D eigenvalue weighted by Gasteiger charge is -2.12. The number of aromatic hydroxyl groups is 1. The first-order valence-corrected chi connectivity index (χ1v) is 31.7. The van der Waals surface area contributed by atoms with Gasteiger partial charge < -0.3 is 9.84 Å². The maximum atomic E-state index is 12.5. The summed E-state index contributed by atoms with van der Waals surface area (Å²) < 4.78 is 175. The van der Waals surface area contributed by atoms with Crippen LogP contribution in [-0.2, 0) is 50.6 Å². The number of pyridine rings is 1. The van der Waals surface area contributed by atoms with Gasteiger partial charge in [-0.2, -0.15) is 52.5 Å². The minimum Gasteiger partial charge on any atom is -0.493 e. The van der Waals surface area contributed by atoms with Gasteiger partial charge >= 0.3 is 0 Å². The van der Waals surface area contributed by atoms with E-state index in [1.165, 1.54) is 50.2 Å². The van der Waals surface area contributed by atoms with E-state index in [1.807, 2.05) is 6.07 Å². The first-order valence-electron chi connectivity index (χ1n) is 22.4. The Balaban J connectivity index is 1.18. The molecule has 8 rings (SSSR count). The fourth-order valence-electron chi connectivity index (χ4n) is 7.95. The Bertz CT molecular complexity index is 4610. The Morgan fingerprint density at radius 1 is 0.671 bits per heavy atom. The molecule has 34 heteroatoms. The van der Waals surface area contributed by atoms with Gasteiger partial charge in [-0.3, -0.25) is 27.2 Å². The van der Waals surface area contributed by atoms with Gasteiger partial charge in [0.2, 0.25) is 11.0 Å². The number of benzene rings is 5. The fraction of sp³-hybridized carbons (Fsp3) is 0.222. The summed E-state index contributed by atoms with van der Waals surface area (Å²) in [4.78, 5) is 7.29. The molecule has 3 heterocycles. The van der Waals surface area contributed by atoms with Crippen LogP contribution in [0.1, 0.15) is 40.7 Å². The molecular formula is C45H40N10O17S7. The first-order chi connectivity index (χ1) is 36.8. The number of nitrogens with zero attached hydrogens (tertiary/aromatic N) is 10. The molecule has 27 nitrogen and oxygen atoms in total. The van der Waals surface area contributed by atoms with E-state index in [0.717, 1.165) is 45.7 Å². The van der Waals surface area contributed by atoms with Crippen LogP contribution in [0.2, 0.25) is 0 Å². The maximum absolute atomic E-state index is 12.5. The molecule has 0 bridgehead atoms. The molecule has 79 heavy (non-hydrogen) atoms. The lowest BCUT2D eigenvalue weighted by Crippen LogP contribution is -2.08. The first kappa shape index (κ1) is 58.1. The fourth-order valence-corrected chi connectivity index (χ4v) is 13.1. The van der Waals surface area contributed by atoms with Crippen LogP contribution in [0.5, 0.6) is 11.6 Å². The van der Waals surface area contributed by atoms with E-state index in [0.29, 0.717) is 16.0 Å². The van der Waals surface area contributed by atoms with Crippen molar-refractivity contribution in [2.24, 2.45) is 30.7 Å². The zero-order valence-electron chi connectivity index (χ0n) is 41.0. The third kappa shape index (κ3) is 12.9. The summed E-state index contributed by atoms with van der Waals surface area (Å²) in [5.41, 5.74) is 0.583. The third-order valence-electron chi connectivity index (χ3n) is 11.6. The van der Waals surface area contributed by atoms with E-state index < -0.39 is 82.7 Å². The second-order valence-electron chi connectivity index (χ2n) is 17.3. The summed E-state index contributed by atoms with van der Waals surface area (Å²) in [6.45, 7) is 5.81. The number of aryl methyl sites for hydroxylation is 3. The lowest BCUT2D eigenvalue weighted by atomic mass is 10.1. The average molecular weight is 1220 g/mol.